The van der Waals surface area contributed by atoms with Gasteiger partial charge in [-0.2, -0.15) is 0 Å². The molecule has 1 fully saturated rings. The summed E-state index contributed by atoms with van der Waals surface area (Å²) in [7, 11) is 0. The van der Waals surface area contributed by atoms with Crippen LogP contribution in [0.3, 0.4) is 0 Å². The van der Waals surface area contributed by atoms with Crippen LogP contribution in [-0.4, -0.2) is 23.7 Å². The van der Waals surface area contributed by atoms with E-state index in [0.29, 0.717) is 18.0 Å². The third-order valence-electron chi connectivity index (χ3n) is 3.15. The van der Waals surface area contributed by atoms with Gasteiger partial charge in [0.05, 0.1) is 11.1 Å². The standard InChI is InChI=1S/C14H15ClFNO2/c15-12-7-9(1-3-13(12)16)2-4-14(19)17-8-10-5-11(18)6-10/h1-4,7,10-11,18H,5-6,8H2,(H,17,19). The number of rotatable bonds is 4. The van der Waals surface area contributed by atoms with Gasteiger partial charge in [0.15, 0.2) is 0 Å². The molecule has 102 valence electrons. The topological polar surface area (TPSA) is 49.3 Å². The monoisotopic (exact) mass is 283 g/mol. The molecule has 0 unspecified atom stereocenters. The van der Waals surface area contributed by atoms with E-state index in [9.17, 15) is 9.18 Å². The van der Waals surface area contributed by atoms with E-state index < -0.39 is 5.82 Å². The van der Waals surface area contributed by atoms with E-state index in [1.54, 1.807) is 12.1 Å². The van der Waals surface area contributed by atoms with Crippen molar-refractivity contribution in [3.63, 3.8) is 0 Å². The average Bonchev–Trinajstić information content (AvgIpc) is 2.34. The zero-order chi connectivity index (χ0) is 13.8. The van der Waals surface area contributed by atoms with Gasteiger partial charge < -0.3 is 10.4 Å². The highest BCUT2D eigenvalue weighted by atomic mass is 35.5. The minimum atomic E-state index is -0.480. The van der Waals surface area contributed by atoms with E-state index in [-0.39, 0.29) is 17.0 Å². The van der Waals surface area contributed by atoms with Crippen LogP contribution >= 0.6 is 11.6 Å². The molecule has 1 aromatic carbocycles. The van der Waals surface area contributed by atoms with Crippen molar-refractivity contribution in [1.29, 1.82) is 0 Å². The van der Waals surface area contributed by atoms with Crippen LogP contribution in [0.15, 0.2) is 24.3 Å². The van der Waals surface area contributed by atoms with E-state index in [4.69, 9.17) is 16.7 Å². The zero-order valence-corrected chi connectivity index (χ0v) is 11.0. The minimum absolute atomic E-state index is 0.0333. The molecule has 0 spiro atoms. The fraction of sp³-hybridized carbons (Fsp3) is 0.357. The predicted molar refractivity (Wildman–Crippen MR) is 72.2 cm³/mol. The molecular weight excluding hydrogens is 269 g/mol. The summed E-state index contributed by atoms with van der Waals surface area (Å²) >= 11 is 5.64. The highest BCUT2D eigenvalue weighted by Gasteiger charge is 2.26. The molecule has 0 aliphatic heterocycles. The second kappa shape index (κ2) is 6.17. The Bertz CT molecular complexity index is 498. The van der Waals surface area contributed by atoms with Crippen LogP contribution in [0.5, 0.6) is 0 Å². The van der Waals surface area contributed by atoms with Gasteiger partial charge in [-0.15, -0.1) is 0 Å². The Morgan fingerprint density at radius 1 is 1.53 bits per heavy atom. The lowest BCUT2D eigenvalue weighted by atomic mass is 9.82. The maximum atomic E-state index is 12.9. The third kappa shape index (κ3) is 4.04. The molecule has 1 aliphatic carbocycles. The Balaban J connectivity index is 1.80. The fourth-order valence-electron chi connectivity index (χ4n) is 1.96. The number of hydrogen-bond donors (Lipinski definition) is 2. The number of benzene rings is 1. The summed E-state index contributed by atoms with van der Waals surface area (Å²) in [5.41, 5.74) is 0.667. The zero-order valence-electron chi connectivity index (χ0n) is 10.3. The molecule has 1 amide bonds. The lowest BCUT2D eigenvalue weighted by Crippen LogP contribution is -2.37. The molecule has 0 heterocycles. The van der Waals surface area contributed by atoms with Crippen LogP contribution in [0.4, 0.5) is 4.39 Å². The molecule has 2 N–H and O–H groups in total. The van der Waals surface area contributed by atoms with Gasteiger partial charge in [0, 0.05) is 12.6 Å². The molecule has 0 saturated heterocycles. The summed E-state index contributed by atoms with van der Waals surface area (Å²) in [5.74, 6) is -0.318. The molecule has 1 aliphatic rings. The van der Waals surface area contributed by atoms with Crippen molar-refractivity contribution in [2.24, 2.45) is 5.92 Å². The van der Waals surface area contributed by atoms with Gasteiger partial charge in [-0.05, 0) is 42.5 Å². The Morgan fingerprint density at radius 2 is 2.26 bits per heavy atom. The maximum absolute atomic E-state index is 12.9. The second-order valence-electron chi connectivity index (χ2n) is 4.74. The largest absolute Gasteiger partial charge is 0.393 e. The SMILES string of the molecule is O=C(C=Cc1ccc(F)c(Cl)c1)NCC1CC(O)C1. The highest BCUT2D eigenvalue weighted by molar-refractivity contribution is 6.30. The number of aliphatic hydroxyl groups is 1. The maximum Gasteiger partial charge on any atom is 0.244 e. The summed E-state index contributed by atoms with van der Waals surface area (Å²) in [6.07, 6.45) is 4.25. The first-order valence-electron chi connectivity index (χ1n) is 6.13. The van der Waals surface area contributed by atoms with Crippen LogP contribution in [0.2, 0.25) is 5.02 Å². The van der Waals surface area contributed by atoms with Crippen molar-refractivity contribution in [2.45, 2.75) is 18.9 Å². The summed E-state index contributed by atoms with van der Waals surface area (Å²) in [6.45, 7) is 0.574. The minimum Gasteiger partial charge on any atom is -0.393 e. The molecule has 0 radical (unpaired) electrons. The van der Waals surface area contributed by atoms with Crippen molar-refractivity contribution in [3.8, 4) is 0 Å². The predicted octanol–water partition coefficient (Wildman–Crippen LogP) is 2.38. The summed E-state index contributed by atoms with van der Waals surface area (Å²) in [4.78, 5) is 11.5. The molecule has 0 aromatic heterocycles. The highest BCUT2D eigenvalue weighted by Crippen LogP contribution is 2.26. The molecular formula is C14H15ClFNO2. The van der Waals surface area contributed by atoms with E-state index in [1.165, 1.54) is 18.2 Å². The first-order valence-corrected chi connectivity index (χ1v) is 6.51. The van der Waals surface area contributed by atoms with Crippen molar-refractivity contribution >= 4 is 23.6 Å². The number of nitrogens with one attached hydrogen (secondary N) is 1. The Hall–Kier alpha value is -1.39. The average molecular weight is 284 g/mol. The molecule has 19 heavy (non-hydrogen) atoms. The number of amides is 1. The van der Waals surface area contributed by atoms with E-state index in [2.05, 4.69) is 5.32 Å². The number of hydrogen-bond acceptors (Lipinski definition) is 2. The van der Waals surface area contributed by atoms with Crippen LogP contribution in [0, 0.1) is 11.7 Å². The molecule has 0 atom stereocenters. The van der Waals surface area contributed by atoms with Crippen LogP contribution in [0.1, 0.15) is 18.4 Å². The molecule has 2 rings (SSSR count). The summed E-state index contributed by atoms with van der Waals surface area (Å²) in [5, 5.41) is 11.9. The summed E-state index contributed by atoms with van der Waals surface area (Å²) in [6, 6.07) is 4.27. The van der Waals surface area contributed by atoms with Gasteiger partial charge in [0.25, 0.3) is 0 Å². The van der Waals surface area contributed by atoms with Crippen LogP contribution < -0.4 is 5.32 Å². The number of halogens is 2. The summed E-state index contributed by atoms with van der Waals surface area (Å²) < 4.78 is 12.9. The Kier molecular flexibility index (Phi) is 4.56. The van der Waals surface area contributed by atoms with Gasteiger partial charge in [0.1, 0.15) is 5.82 Å². The van der Waals surface area contributed by atoms with E-state index in [0.717, 1.165) is 12.8 Å². The third-order valence-corrected chi connectivity index (χ3v) is 3.44. The van der Waals surface area contributed by atoms with Crippen molar-refractivity contribution in [1.82, 2.24) is 5.32 Å². The molecule has 3 nitrogen and oxygen atoms in total. The Morgan fingerprint density at radius 3 is 2.89 bits per heavy atom. The lowest BCUT2D eigenvalue weighted by molar-refractivity contribution is -0.117. The van der Waals surface area contributed by atoms with E-state index >= 15 is 0 Å². The smallest absolute Gasteiger partial charge is 0.244 e. The van der Waals surface area contributed by atoms with Gasteiger partial charge in [-0.1, -0.05) is 17.7 Å². The van der Waals surface area contributed by atoms with Crippen LogP contribution in [-0.2, 0) is 4.79 Å². The molecule has 5 heteroatoms. The van der Waals surface area contributed by atoms with Gasteiger partial charge >= 0.3 is 0 Å². The number of carbonyl (C=O) groups is 1. The second-order valence-corrected chi connectivity index (χ2v) is 5.15. The van der Waals surface area contributed by atoms with Crippen LogP contribution in [0.25, 0.3) is 6.08 Å². The Labute approximate surface area is 116 Å². The number of carbonyl (C=O) groups excluding carboxylic acids is 1. The van der Waals surface area contributed by atoms with E-state index in [1.807, 2.05) is 0 Å². The molecule has 1 aromatic rings. The first kappa shape index (κ1) is 14.0. The fourth-order valence-corrected chi connectivity index (χ4v) is 2.15. The van der Waals surface area contributed by atoms with Crippen molar-refractivity contribution in [3.05, 3.63) is 40.7 Å². The quantitative estimate of drug-likeness (QED) is 0.834. The first-order chi connectivity index (χ1) is 9.04. The van der Waals surface area contributed by atoms with Gasteiger partial charge in [-0.3, -0.25) is 4.79 Å². The normalized spacial score (nSPS) is 22.3. The molecule has 1 saturated carbocycles. The van der Waals surface area contributed by atoms with Crippen molar-refractivity contribution in [2.75, 3.05) is 6.54 Å². The van der Waals surface area contributed by atoms with Gasteiger partial charge in [-0.25, -0.2) is 4.39 Å². The lowest BCUT2D eigenvalue weighted by Gasteiger charge is -2.31. The van der Waals surface area contributed by atoms with Gasteiger partial charge in [0.2, 0.25) is 5.91 Å². The number of aliphatic hydroxyl groups excluding tert-OH is 1. The van der Waals surface area contributed by atoms with Crippen molar-refractivity contribution < 1.29 is 14.3 Å². The molecule has 0 bridgehead atoms.